The molecule has 1 heterocycles. The lowest BCUT2D eigenvalue weighted by Crippen LogP contribution is -2.04. The van der Waals surface area contributed by atoms with E-state index in [2.05, 4.69) is 29.4 Å². The molecule has 0 saturated carbocycles. The van der Waals surface area contributed by atoms with Crippen molar-refractivity contribution in [3.63, 3.8) is 0 Å². The second-order valence-electron chi connectivity index (χ2n) is 6.10. The SMILES string of the molecule is COC(=O)c1cc(-c2ccc(-c3ccccc3)cc2)n(-c2ccccc2)n1. The van der Waals surface area contributed by atoms with Crippen LogP contribution >= 0.6 is 0 Å². The predicted octanol–water partition coefficient (Wildman–Crippen LogP) is 4.99. The standard InChI is InChI=1S/C23H18N2O2/c1-27-23(26)21-16-22(25(24-21)20-10-6-3-7-11-20)19-14-12-18(13-15-19)17-8-4-2-5-9-17/h2-16H,1H3. The van der Waals surface area contributed by atoms with Gasteiger partial charge in [0.15, 0.2) is 5.69 Å². The Kier molecular flexibility index (Phi) is 4.54. The van der Waals surface area contributed by atoms with E-state index in [1.165, 1.54) is 7.11 Å². The number of methoxy groups -OCH3 is 1. The van der Waals surface area contributed by atoms with Crippen molar-refractivity contribution in [3.8, 4) is 28.1 Å². The minimum Gasteiger partial charge on any atom is -0.464 e. The number of benzene rings is 3. The van der Waals surface area contributed by atoms with Crippen LogP contribution in [0.2, 0.25) is 0 Å². The van der Waals surface area contributed by atoms with Crippen LogP contribution in [0.1, 0.15) is 10.5 Å². The molecule has 0 spiro atoms. The molecular formula is C23H18N2O2. The van der Waals surface area contributed by atoms with E-state index in [1.807, 2.05) is 60.7 Å². The normalized spacial score (nSPS) is 10.6. The Morgan fingerprint density at radius 1 is 0.778 bits per heavy atom. The number of carbonyl (C=O) groups is 1. The Morgan fingerprint density at radius 3 is 1.96 bits per heavy atom. The van der Waals surface area contributed by atoms with Gasteiger partial charge in [-0.05, 0) is 29.3 Å². The summed E-state index contributed by atoms with van der Waals surface area (Å²) in [7, 11) is 1.36. The third kappa shape index (κ3) is 3.37. The molecule has 0 saturated heterocycles. The first-order valence-corrected chi connectivity index (χ1v) is 8.66. The summed E-state index contributed by atoms with van der Waals surface area (Å²) in [5.41, 5.74) is 5.27. The summed E-state index contributed by atoms with van der Waals surface area (Å²) in [5, 5.41) is 4.45. The van der Waals surface area contributed by atoms with Crippen LogP contribution in [-0.2, 0) is 4.74 Å². The Hall–Kier alpha value is -3.66. The van der Waals surface area contributed by atoms with E-state index in [4.69, 9.17) is 4.74 Å². The Labute approximate surface area is 157 Å². The molecule has 1 aromatic heterocycles. The summed E-state index contributed by atoms with van der Waals surface area (Å²) in [5.74, 6) is -0.452. The molecule has 0 atom stereocenters. The number of hydrogen-bond donors (Lipinski definition) is 0. The second kappa shape index (κ2) is 7.30. The fourth-order valence-corrected chi connectivity index (χ4v) is 3.02. The van der Waals surface area contributed by atoms with Crippen molar-refractivity contribution in [2.24, 2.45) is 0 Å². The highest BCUT2D eigenvalue weighted by Gasteiger charge is 2.17. The van der Waals surface area contributed by atoms with Gasteiger partial charge in [0, 0.05) is 5.56 Å². The lowest BCUT2D eigenvalue weighted by atomic mass is 10.0. The van der Waals surface area contributed by atoms with E-state index in [1.54, 1.807) is 10.7 Å². The number of rotatable bonds is 4. The molecule has 0 N–H and O–H groups in total. The highest BCUT2D eigenvalue weighted by molar-refractivity contribution is 5.89. The van der Waals surface area contributed by atoms with E-state index < -0.39 is 5.97 Å². The van der Waals surface area contributed by atoms with Crippen molar-refractivity contribution < 1.29 is 9.53 Å². The number of ether oxygens (including phenoxy) is 1. The van der Waals surface area contributed by atoms with Gasteiger partial charge in [0.25, 0.3) is 0 Å². The first-order valence-electron chi connectivity index (χ1n) is 8.66. The first kappa shape index (κ1) is 16.8. The van der Waals surface area contributed by atoms with E-state index in [0.717, 1.165) is 28.1 Å². The fourth-order valence-electron chi connectivity index (χ4n) is 3.02. The van der Waals surface area contributed by atoms with Gasteiger partial charge in [-0.25, -0.2) is 9.48 Å². The van der Waals surface area contributed by atoms with Crippen molar-refractivity contribution in [2.45, 2.75) is 0 Å². The molecule has 0 bridgehead atoms. The average molecular weight is 354 g/mol. The summed E-state index contributed by atoms with van der Waals surface area (Å²) in [6.07, 6.45) is 0. The number of hydrogen-bond acceptors (Lipinski definition) is 3. The molecule has 0 radical (unpaired) electrons. The lowest BCUT2D eigenvalue weighted by Gasteiger charge is -2.08. The molecule has 4 nitrogen and oxygen atoms in total. The summed E-state index contributed by atoms with van der Waals surface area (Å²) in [6.45, 7) is 0. The third-order valence-electron chi connectivity index (χ3n) is 4.39. The van der Waals surface area contributed by atoms with Crippen LogP contribution < -0.4 is 0 Å². The zero-order valence-corrected chi connectivity index (χ0v) is 14.9. The molecule has 4 heteroatoms. The van der Waals surface area contributed by atoms with E-state index in [-0.39, 0.29) is 5.69 Å². The number of carbonyl (C=O) groups excluding carboxylic acids is 1. The summed E-state index contributed by atoms with van der Waals surface area (Å²) in [6, 6.07) is 29.9. The summed E-state index contributed by atoms with van der Waals surface area (Å²) < 4.78 is 6.61. The molecular weight excluding hydrogens is 336 g/mol. The quantitative estimate of drug-likeness (QED) is 0.485. The molecule has 3 aromatic carbocycles. The maximum Gasteiger partial charge on any atom is 0.358 e. The van der Waals surface area contributed by atoms with Crippen LogP contribution in [0, 0.1) is 0 Å². The minimum atomic E-state index is -0.452. The van der Waals surface area contributed by atoms with Crippen LogP contribution in [0.3, 0.4) is 0 Å². The number of nitrogens with zero attached hydrogens (tertiary/aromatic N) is 2. The fraction of sp³-hybridized carbons (Fsp3) is 0.0435. The van der Waals surface area contributed by atoms with Gasteiger partial charge in [-0.15, -0.1) is 0 Å². The van der Waals surface area contributed by atoms with Crippen LogP contribution in [0.25, 0.3) is 28.1 Å². The van der Waals surface area contributed by atoms with Crippen molar-refractivity contribution in [1.82, 2.24) is 9.78 Å². The molecule has 27 heavy (non-hydrogen) atoms. The Bertz CT molecular complexity index is 1050. The topological polar surface area (TPSA) is 44.1 Å². The van der Waals surface area contributed by atoms with Crippen molar-refractivity contribution >= 4 is 5.97 Å². The summed E-state index contributed by atoms with van der Waals surface area (Å²) in [4.78, 5) is 12.0. The molecule has 0 fully saturated rings. The van der Waals surface area contributed by atoms with Crippen LogP contribution in [0.5, 0.6) is 0 Å². The van der Waals surface area contributed by atoms with Crippen molar-refractivity contribution in [1.29, 1.82) is 0 Å². The molecule has 4 aromatic rings. The molecule has 0 amide bonds. The second-order valence-corrected chi connectivity index (χ2v) is 6.10. The van der Waals surface area contributed by atoms with Gasteiger partial charge in [-0.3, -0.25) is 0 Å². The van der Waals surface area contributed by atoms with Crippen LogP contribution in [0.4, 0.5) is 0 Å². The highest BCUT2D eigenvalue weighted by atomic mass is 16.5. The van der Waals surface area contributed by atoms with E-state index in [9.17, 15) is 4.79 Å². The highest BCUT2D eigenvalue weighted by Crippen LogP contribution is 2.27. The van der Waals surface area contributed by atoms with Gasteiger partial charge in [0.1, 0.15) is 0 Å². The smallest absolute Gasteiger partial charge is 0.358 e. The number of esters is 1. The molecule has 0 aliphatic heterocycles. The van der Waals surface area contributed by atoms with Crippen molar-refractivity contribution in [3.05, 3.63) is 96.7 Å². The molecule has 0 aliphatic rings. The van der Waals surface area contributed by atoms with Gasteiger partial charge >= 0.3 is 5.97 Å². The van der Waals surface area contributed by atoms with Crippen molar-refractivity contribution in [2.75, 3.05) is 7.11 Å². The maximum atomic E-state index is 12.0. The Morgan fingerprint density at radius 2 is 1.33 bits per heavy atom. The van der Waals surface area contributed by atoms with Gasteiger partial charge in [0.05, 0.1) is 18.5 Å². The largest absolute Gasteiger partial charge is 0.464 e. The molecule has 132 valence electrons. The van der Waals surface area contributed by atoms with Gasteiger partial charge in [0.2, 0.25) is 0 Å². The Balaban J connectivity index is 1.78. The van der Waals surface area contributed by atoms with Crippen LogP contribution in [-0.4, -0.2) is 22.9 Å². The van der Waals surface area contributed by atoms with Gasteiger partial charge in [-0.1, -0.05) is 72.8 Å². The van der Waals surface area contributed by atoms with Crippen LogP contribution in [0.15, 0.2) is 91.0 Å². The maximum absolute atomic E-state index is 12.0. The number of aromatic nitrogens is 2. The summed E-state index contributed by atoms with van der Waals surface area (Å²) >= 11 is 0. The molecule has 0 unspecified atom stereocenters. The first-order chi connectivity index (χ1) is 13.3. The van der Waals surface area contributed by atoms with Gasteiger partial charge in [-0.2, -0.15) is 5.10 Å². The van der Waals surface area contributed by atoms with E-state index in [0.29, 0.717) is 0 Å². The lowest BCUT2D eigenvalue weighted by molar-refractivity contribution is 0.0593. The minimum absolute atomic E-state index is 0.281. The van der Waals surface area contributed by atoms with E-state index >= 15 is 0 Å². The average Bonchev–Trinajstić information content (AvgIpc) is 3.20. The zero-order valence-electron chi connectivity index (χ0n) is 14.9. The zero-order chi connectivity index (χ0) is 18.6. The monoisotopic (exact) mass is 354 g/mol. The predicted molar refractivity (Wildman–Crippen MR) is 106 cm³/mol. The van der Waals surface area contributed by atoms with Gasteiger partial charge < -0.3 is 4.74 Å². The number of para-hydroxylation sites is 1. The third-order valence-corrected chi connectivity index (χ3v) is 4.39. The molecule has 4 rings (SSSR count). The molecule has 0 aliphatic carbocycles.